The average molecular weight is 311 g/mol. The van der Waals surface area contributed by atoms with Crippen LogP contribution in [0.5, 0.6) is 0 Å². The van der Waals surface area contributed by atoms with Gasteiger partial charge in [-0.15, -0.1) is 0 Å². The Kier molecular flexibility index (Phi) is 4.25. The highest BCUT2D eigenvalue weighted by molar-refractivity contribution is 7.89. The normalized spacial score (nSPS) is 18.9. The summed E-state index contributed by atoms with van der Waals surface area (Å²) in [5.41, 5.74) is 6.43. The molecular weight excluding hydrogens is 290 g/mol. The van der Waals surface area contributed by atoms with Crippen LogP contribution in [0.4, 0.5) is 0 Å². The maximum atomic E-state index is 12.6. The van der Waals surface area contributed by atoms with Gasteiger partial charge in [-0.25, -0.2) is 8.42 Å². The summed E-state index contributed by atoms with van der Waals surface area (Å²) in [5, 5.41) is 12.0. The SMILES string of the molecule is Cc1ccc(S(=O)(=O)NC2(/C(N)=N/O)CCCC2)c(C)c1. The minimum Gasteiger partial charge on any atom is -0.409 e. The highest BCUT2D eigenvalue weighted by Crippen LogP contribution is 2.32. The quantitative estimate of drug-likeness (QED) is 0.340. The van der Waals surface area contributed by atoms with Gasteiger partial charge in [-0.2, -0.15) is 4.72 Å². The van der Waals surface area contributed by atoms with Crippen LogP contribution in [0, 0.1) is 13.8 Å². The van der Waals surface area contributed by atoms with Crippen LogP contribution < -0.4 is 10.5 Å². The minimum atomic E-state index is -3.73. The molecule has 0 heterocycles. The van der Waals surface area contributed by atoms with Crippen molar-refractivity contribution in [3.8, 4) is 0 Å². The van der Waals surface area contributed by atoms with Gasteiger partial charge in [-0.05, 0) is 38.3 Å². The number of hydrogen-bond acceptors (Lipinski definition) is 4. The maximum absolute atomic E-state index is 12.6. The van der Waals surface area contributed by atoms with Gasteiger partial charge < -0.3 is 10.9 Å². The van der Waals surface area contributed by atoms with E-state index < -0.39 is 15.6 Å². The van der Waals surface area contributed by atoms with Gasteiger partial charge in [0.1, 0.15) is 0 Å². The molecule has 0 aliphatic heterocycles. The Bertz CT molecular complexity index is 662. The molecule has 0 aromatic heterocycles. The zero-order chi connectivity index (χ0) is 15.7. The van der Waals surface area contributed by atoms with E-state index in [2.05, 4.69) is 9.88 Å². The number of sulfonamides is 1. The Labute approximate surface area is 125 Å². The first-order chi connectivity index (χ1) is 9.81. The van der Waals surface area contributed by atoms with Gasteiger partial charge in [0.25, 0.3) is 0 Å². The first-order valence-corrected chi connectivity index (χ1v) is 8.38. The molecular formula is C14H21N3O3S. The van der Waals surface area contributed by atoms with Crippen LogP contribution in [0.2, 0.25) is 0 Å². The molecule has 1 fully saturated rings. The van der Waals surface area contributed by atoms with Gasteiger partial charge >= 0.3 is 0 Å². The molecule has 21 heavy (non-hydrogen) atoms. The molecule has 1 aromatic rings. The van der Waals surface area contributed by atoms with Gasteiger partial charge in [-0.3, -0.25) is 0 Å². The lowest BCUT2D eigenvalue weighted by Gasteiger charge is -2.28. The molecule has 6 nitrogen and oxygen atoms in total. The molecule has 0 spiro atoms. The number of nitrogens with zero attached hydrogens (tertiary/aromatic N) is 1. The lowest BCUT2D eigenvalue weighted by atomic mass is 9.98. The number of aryl methyl sites for hydroxylation is 2. The monoisotopic (exact) mass is 311 g/mol. The van der Waals surface area contributed by atoms with Crippen molar-refractivity contribution in [1.82, 2.24) is 4.72 Å². The summed E-state index contributed by atoms with van der Waals surface area (Å²) >= 11 is 0. The van der Waals surface area contributed by atoms with Gasteiger partial charge in [-0.1, -0.05) is 35.7 Å². The number of amidine groups is 1. The van der Waals surface area contributed by atoms with Crippen LogP contribution in [-0.2, 0) is 10.0 Å². The van der Waals surface area contributed by atoms with Crippen LogP contribution in [0.25, 0.3) is 0 Å². The fourth-order valence-corrected chi connectivity index (χ4v) is 4.56. The molecule has 116 valence electrons. The molecule has 1 aliphatic rings. The topological polar surface area (TPSA) is 105 Å². The van der Waals surface area contributed by atoms with Gasteiger partial charge in [0, 0.05) is 0 Å². The summed E-state index contributed by atoms with van der Waals surface area (Å²) < 4.78 is 27.9. The standard InChI is InChI=1S/C14H21N3O3S/c1-10-5-6-12(11(2)9-10)21(19,20)17-14(13(15)16-18)7-3-4-8-14/h5-6,9,17-18H,3-4,7-8H2,1-2H3,(H2,15,16). The van der Waals surface area contributed by atoms with E-state index in [0.717, 1.165) is 18.4 Å². The summed E-state index contributed by atoms with van der Waals surface area (Å²) in [4.78, 5) is 0.227. The highest BCUT2D eigenvalue weighted by atomic mass is 32.2. The fourth-order valence-electron chi connectivity index (χ4n) is 2.90. The predicted molar refractivity (Wildman–Crippen MR) is 80.8 cm³/mol. The first-order valence-electron chi connectivity index (χ1n) is 6.90. The zero-order valence-electron chi connectivity index (χ0n) is 12.3. The third kappa shape index (κ3) is 3.03. The lowest BCUT2D eigenvalue weighted by Crippen LogP contribution is -2.55. The van der Waals surface area contributed by atoms with Gasteiger partial charge in [0.15, 0.2) is 5.84 Å². The summed E-state index contributed by atoms with van der Waals surface area (Å²) in [6.07, 6.45) is 2.75. The lowest BCUT2D eigenvalue weighted by molar-refractivity contribution is 0.309. The summed E-state index contributed by atoms with van der Waals surface area (Å²) in [6, 6.07) is 5.16. The number of benzene rings is 1. The summed E-state index contributed by atoms with van der Waals surface area (Å²) in [7, 11) is -3.73. The van der Waals surface area contributed by atoms with E-state index in [-0.39, 0.29) is 10.7 Å². The Morgan fingerprint density at radius 3 is 2.48 bits per heavy atom. The van der Waals surface area contributed by atoms with Crippen LogP contribution in [0.15, 0.2) is 28.3 Å². The molecule has 0 unspecified atom stereocenters. The molecule has 0 radical (unpaired) electrons. The van der Waals surface area contributed by atoms with E-state index in [9.17, 15) is 8.42 Å². The van der Waals surface area contributed by atoms with E-state index in [4.69, 9.17) is 10.9 Å². The number of hydrogen-bond donors (Lipinski definition) is 3. The maximum Gasteiger partial charge on any atom is 0.241 e. The Morgan fingerprint density at radius 1 is 1.33 bits per heavy atom. The number of nitrogens with two attached hydrogens (primary N) is 1. The van der Waals surface area contributed by atoms with Crippen molar-refractivity contribution in [2.45, 2.75) is 50.0 Å². The van der Waals surface area contributed by atoms with Gasteiger partial charge in [0.05, 0.1) is 10.4 Å². The molecule has 0 amide bonds. The van der Waals surface area contributed by atoms with Crippen LogP contribution in [0.1, 0.15) is 36.8 Å². The molecule has 0 bridgehead atoms. The molecule has 2 rings (SSSR count). The molecule has 4 N–H and O–H groups in total. The van der Waals surface area contributed by atoms with E-state index in [1.807, 2.05) is 13.0 Å². The average Bonchev–Trinajstić information content (AvgIpc) is 2.86. The third-order valence-electron chi connectivity index (χ3n) is 4.00. The second-order valence-electron chi connectivity index (χ2n) is 5.65. The molecule has 0 saturated heterocycles. The summed E-state index contributed by atoms with van der Waals surface area (Å²) in [6.45, 7) is 3.66. The summed E-state index contributed by atoms with van der Waals surface area (Å²) in [5.74, 6) is -0.0756. The van der Waals surface area contributed by atoms with Crippen LogP contribution in [0.3, 0.4) is 0 Å². The van der Waals surface area contributed by atoms with Crippen molar-refractivity contribution in [3.63, 3.8) is 0 Å². The fraction of sp³-hybridized carbons (Fsp3) is 0.500. The van der Waals surface area contributed by atoms with E-state index in [1.165, 1.54) is 0 Å². The van der Waals surface area contributed by atoms with Crippen molar-refractivity contribution in [2.24, 2.45) is 10.9 Å². The molecule has 0 atom stereocenters. The largest absolute Gasteiger partial charge is 0.409 e. The molecule has 1 aliphatic carbocycles. The Balaban J connectivity index is 2.40. The van der Waals surface area contributed by atoms with Crippen molar-refractivity contribution in [1.29, 1.82) is 0 Å². The molecule has 1 saturated carbocycles. The predicted octanol–water partition coefficient (Wildman–Crippen LogP) is 1.64. The van der Waals surface area contributed by atoms with E-state index >= 15 is 0 Å². The van der Waals surface area contributed by atoms with E-state index in [1.54, 1.807) is 19.1 Å². The number of rotatable bonds is 4. The van der Waals surface area contributed by atoms with E-state index in [0.29, 0.717) is 18.4 Å². The first kappa shape index (κ1) is 15.8. The highest BCUT2D eigenvalue weighted by Gasteiger charge is 2.42. The molecule has 7 heteroatoms. The smallest absolute Gasteiger partial charge is 0.241 e. The Hall–Kier alpha value is -1.60. The van der Waals surface area contributed by atoms with Crippen molar-refractivity contribution < 1.29 is 13.6 Å². The van der Waals surface area contributed by atoms with Crippen molar-refractivity contribution in [2.75, 3.05) is 0 Å². The Morgan fingerprint density at radius 2 is 1.95 bits per heavy atom. The second-order valence-corrected chi connectivity index (χ2v) is 7.30. The van der Waals surface area contributed by atoms with Crippen LogP contribution >= 0.6 is 0 Å². The van der Waals surface area contributed by atoms with Crippen LogP contribution in [-0.4, -0.2) is 25.0 Å². The molecule has 1 aromatic carbocycles. The van der Waals surface area contributed by atoms with Crippen molar-refractivity contribution in [3.05, 3.63) is 29.3 Å². The van der Waals surface area contributed by atoms with Crippen molar-refractivity contribution >= 4 is 15.9 Å². The van der Waals surface area contributed by atoms with Gasteiger partial charge in [0.2, 0.25) is 10.0 Å². The minimum absolute atomic E-state index is 0.0756. The third-order valence-corrected chi connectivity index (χ3v) is 5.70. The number of oxime groups is 1. The zero-order valence-corrected chi connectivity index (χ0v) is 13.1. The second kappa shape index (κ2) is 5.65. The number of nitrogens with one attached hydrogen (secondary N) is 1.